The summed E-state index contributed by atoms with van der Waals surface area (Å²) in [6.07, 6.45) is 13.7. The summed E-state index contributed by atoms with van der Waals surface area (Å²) in [7, 11) is 1.50. The lowest BCUT2D eigenvalue weighted by Crippen LogP contribution is -2.26. The third-order valence-electron chi connectivity index (χ3n) is 4.43. The summed E-state index contributed by atoms with van der Waals surface area (Å²) in [5.74, 6) is 3.26. The van der Waals surface area contributed by atoms with Crippen LogP contribution in [-0.2, 0) is 0 Å². The van der Waals surface area contributed by atoms with Crippen LogP contribution in [0.5, 0.6) is 0 Å². The first kappa shape index (κ1) is 13.0. The van der Waals surface area contributed by atoms with E-state index in [9.17, 15) is 0 Å². The molecule has 0 spiro atoms. The van der Waals surface area contributed by atoms with Gasteiger partial charge in [0.1, 0.15) is 0 Å². The van der Waals surface area contributed by atoms with Crippen LogP contribution in [0.15, 0.2) is 0 Å². The van der Waals surface area contributed by atoms with E-state index in [1.807, 2.05) is 0 Å². The Labute approximate surface area is 95.8 Å². The minimum atomic E-state index is 1.04. The first-order valence-electron chi connectivity index (χ1n) is 6.95. The van der Waals surface area contributed by atoms with Gasteiger partial charge in [-0.1, -0.05) is 58.3 Å². The van der Waals surface area contributed by atoms with E-state index in [2.05, 4.69) is 12.7 Å². The van der Waals surface area contributed by atoms with E-state index in [0.717, 1.165) is 17.8 Å². The molecule has 2 N–H and O–H groups in total. The van der Waals surface area contributed by atoms with Gasteiger partial charge in [0.15, 0.2) is 0 Å². The van der Waals surface area contributed by atoms with E-state index in [4.69, 9.17) is 0 Å². The largest absolute Gasteiger partial charge is 0.333 e. The standard InChI is InChI=1S/C13H24.CH5N/c1-11-7-5-6-10-13(11)12-8-3-2-4-9-12;1-2/h11-13H,2-10H2,1H3;2H2,1H3. The molecule has 15 heavy (non-hydrogen) atoms. The predicted molar refractivity (Wildman–Crippen MR) is 67.8 cm³/mol. The smallest absolute Gasteiger partial charge is 0.0195 e. The van der Waals surface area contributed by atoms with E-state index in [1.165, 1.54) is 45.6 Å². The van der Waals surface area contributed by atoms with Crippen LogP contribution >= 0.6 is 0 Å². The van der Waals surface area contributed by atoms with Crippen molar-refractivity contribution in [1.29, 1.82) is 0 Å². The Bertz CT molecular complexity index is 149. The van der Waals surface area contributed by atoms with Gasteiger partial charge in [0, 0.05) is 0 Å². The van der Waals surface area contributed by atoms with E-state index in [1.54, 1.807) is 19.3 Å². The molecule has 1 heteroatoms. The zero-order valence-corrected chi connectivity index (χ0v) is 10.7. The van der Waals surface area contributed by atoms with Gasteiger partial charge in [-0.2, -0.15) is 0 Å². The highest BCUT2D eigenvalue weighted by molar-refractivity contribution is 4.80. The third kappa shape index (κ3) is 3.79. The zero-order valence-electron chi connectivity index (χ0n) is 10.7. The van der Waals surface area contributed by atoms with Gasteiger partial charge in [0.05, 0.1) is 0 Å². The minimum Gasteiger partial charge on any atom is -0.333 e. The summed E-state index contributed by atoms with van der Waals surface area (Å²) in [6, 6.07) is 0. The molecular formula is C14H29N. The molecule has 0 heterocycles. The fourth-order valence-corrected chi connectivity index (χ4v) is 3.61. The summed E-state index contributed by atoms with van der Waals surface area (Å²) >= 11 is 0. The lowest BCUT2D eigenvalue weighted by Gasteiger charge is -2.37. The van der Waals surface area contributed by atoms with Crippen molar-refractivity contribution in [2.75, 3.05) is 7.05 Å². The summed E-state index contributed by atoms with van der Waals surface area (Å²) in [5, 5.41) is 0. The average Bonchev–Trinajstić information content (AvgIpc) is 2.33. The molecule has 0 aromatic heterocycles. The lowest BCUT2D eigenvalue weighted by atomic mass is 9.69. The maximum atomic E-state index is 4.50. The molecule has 2 rings (SSSR count). The van der Waals surface area contributed by atoms with Gasteiger partial charge in [-0.25, -0.2) is 0 Å². The van der Waals surface area contributed by atoms with E-state index in [0.29, 0.717) is 0 Å². The van der Waals surface area contributed by atoms with Crippen LogP contribution in [0.1, 0.15) is 64.7 Å². The Balaban J connectivity index is 0.000000531. The molecule has 2 aliphatic rings. The Morgan fingerprint density at radius 2 is 1.27 bits per heavy atom. The first-order chi connectivity index (χ1) is 7.38. The van der Waals surface area contributed by atoms with Gasteiger partial charge < -0.3 is 5.73 Å². The second-order valence-electron chi connectivity index (χ2n) is 5.32. The van der Waals surface area contributed by atoms with Crippen molar-refractivity contribution in [2.45, 2.75) is 64.7 Å². The highest BCUT2D eigenvalue weighted by Crippen LogP contribution is 2.41. The van der Waals surface area contributed by atoms with Gasteiger partial charge in [-0.15, -0.1) is 0 Å². The molecule has 0 aromatic carbocycles. The molecule has 0 radical (unpaired) electrons. The fraction of sp³-hybridized carbons (Fsp3) is 1.00. The van der Waals surface area contributed by atoms with Crippen molar-refractivity contribution in [3.05, 3.63) is 0 Å². The van der Waals surface area contributed by atoms with Gasteiger partial charge in [-0.3, -0.25) is 0 Å². The van der Waals surface area contributed by atoms with Crippen molar-refractivity contribution in [3.8, 4) is 0 Å². The molecule has 2 fully saturated rings. The Morgan fingerprint density at radius 3 is 1.87 bits per heavy atom. The van der Waals surface area contributed by atoms with Crippen LogP contribution < -0.4 is 5.73 Å². The number of rotatable bonds is 1. The van der Waals surface area contributed by atoms with Crippen molar-refractivity contribution in [1.82, 2.24) is 0 Å². The summed E-state index contributed by atoms with van der Waals surface area (Å²) in [6.45, 7) is 2.50. The summed E-state index contributed by atoms with van der Waals surface area (Å²) in [4.78, 5) is 0. The zero-order chi connectivity index (χ0) is 11.1. The molecule has 2 saturated carbocycles. The van der Waals surface area contributed by atoms with Gasteiger partial charge in [0.25, 0.3) is 0 Å². The molecule has 0 aliphatic heterocycles. The van der Waals surface area contributed by atoms with E-state index in [-0.39, 0.29) is 0 Å². The quantitative estimate of drug-likeness (QED) is 0.698. The van der Waals surface area contributed by atoms with Gasteiger partial charge >= 0.3 is 0 Å². The van der Waals surface area contributed by atoms with Crippen LogP contribution in [0, 0.1) is 17.8 Å². The van der Waals surface area contributed by atoms with Crippen LogP contribution in [-0.4, -0.2) is 7.05 Å². The fourth-order valence-electron chi connectivity index (χ4n) is 3.61. The molecule has 1 nitrogen and oxygen atoms in total. The molecule has 2 atom stereocenters. The Morgan fingerprint density at radius 1 is 0.733 bits per heavy atom. The summed E-state index contributed by atoms with van der Waals surface area (Å²) in [5.41, 5.74) is 4.50. The predicted octanol–water partition coefficient (Wildman–Crippen LogP) is 3.97. The topological polar surface area (TPSA) is 26.0 Å². The molecule has 0 saturated heterocycles. The third-order valence-corrected chi connectivity index (χ3v) is 4.43. The van der Waals surface area contributed by atoms with Gasteiger partial charge in [-0.05, 0) is 31.2 Å². The molecule has 0 amide bonds. The minimum absolute atomic E-state index is 1.04. The lowest BCUT2D eigenvalue weighted by molar-refractivity contribution is 0.140. The normalized spacial score (nSPS) is 33.0. The average molecular weight is 211 g/mol. The van der Waals surface area contributed by atoms with Crippen molar-refractivity contribution >= 4 is 0 Å². The number of hydrogen-bond acceptors (Lipinski definition) is 1. The van der Waals surface area contributed by atoms with E-state index >= 15 is 0 Å². The first-order valence-corrected chi connectivity index (χ1v) is 6.95. The molecule has 0 aromatic rings. The van der Waals surface area contributed by atoms with Crippen LogP contribution in [0.25, 0.3) is 0 Å². The Kier molecular flexibility index (Phi) is 6.31. The highest BCUT2D eigenvalue weighted by Gasteiger charge is 2.29. The van der Waals surface area contributed by atoms with Crippen LogP contribution in [0.3, 0.4) is 0 Å². The number of nitrogens with two attached hydrogens (primary N) is 1. The van der Waals surface area contributed by atoms with Gasteiger partial charge in [0.2, 0.25) is 0 Å². The molecular weight excluding hydrogens is 182 g/mol. The summed E-state index contributed by atoms with van der Waals surface area (Å²) < 4.78 is 0. The van der Waals surface area contributed by atoms with Crippen LogP contribution in [0.2, 0.25) is 0 Å². The molecule has 2 unspecified atom stereocenters. The maximum absolute atomic E-state index is 4.50. The van der Waals surface area contributed by atoms with Crippen molar-refractivity contribution < 1.29 is 0 Å². The maximum Gasteiger partial charge on any atom is -0.0195 e. The Hall–Kier alpha value is -0.0400. The SMILES string of the molecule is CC1CCCCC1C1CCCCC1.CN. The second-order valence-corrected chi connectivity index (χ2v) is 5.32. The highest BCUT2D eigenvalue weighted by atomic mass is 14.4. The van der Waals surface area contributed by atoms with E-state index < -0.39 is 0 Å². The van der Waals surface area contributed by atoms with Crippen molar-refractivity contribution in [2.24, 2.45) is 23.5 Å². The van der Waals surface area contributed by atoms with Crippen LogP contribution in [0.4, 0.5) is 0 Å². The monoisotopic (exact) mass is 211 g/mol. The number of hydrogen-bond donors (Lipinski definition) is 1. The second kappa shape index (κ2) is 7.27. The molecule has 90 valence electrons. The van der Waals surface area contributed by atoms with Crippen molar-refractivity contribution in [3.63, 3.8) is 0 Å². The molecule has 2 aliphatic carbocycles. The molecule has 0 bridgehead atoms.